The van der Waals surface area contributed by atoms with Crippen molar-refractivity contribution in [3.8, 4) is 11.5 Å². The number of nitrogens with one attached hydrogen (secondary N) is 1. The number of methoxy groups -OCH3 is 2. The third-order valence-corrected chi connectivity index (χ3v) is 2.42. The number of hydrogen-bond donors (Lipinski definition) is 1. The van der Waals surface area contributed by atoms with E-state index in [1.165, 1.54) is 0 Å². The third-order valence-electron chi connectivity index (χ3n) is 2.42. The van der Waals surface area contributed by atoms with Gasteiger partial charge < -0.3 is 14.8 Å². The van der Waals surface area contributed by atoms with Gasteiger partial charge in [-0.3, -0.25) is 4.79 Å². The molecule has 0 atom stereocenters. The second kappa shape index (κ2) is 6.91. The fourth-order valence-electron chi connectivity index (χ4n) is 1.50. The second-order valence-corrected chi connectivity index (χ2v) is 3.67. The van der Waals surface area contributed by atoms with E-state index in [1.54, 1.807) is 32.4 Å². The van der Waals surface area contributed by atoms with Gasteiger partial charge in [-0.2, -0.15) is 0 Å². The zero-order valence-corrected chi connectivity index (χ0v) is 10.6. The molecule has 94 valence electrons. The van der Waals surface area contributed by atoms with E-state index in [-0.39, 0.29) is 5.78 Å². The summed E-state index contributed by atoms with van der Waals surface area (Å²) in [5.41, 5.74) is 0.580. The highest BCUT2D eigenvalue weighted by Crippen LogP contribution is 2.24. The van der Waals surface area contributed by atoms with Crippen LogP contribution in [0.1, 0.15) is 23.7 Å². The normalized spacial score (nSPS) is 10.1. The lowest BCUT2D eigenvalue weighted by Crippen LogP contribution is -2.24. The van der Waals surface area contributed by atoms with Crippen molar-refractivity contribution in [1.29, 1.82) is 0 Å². The summed E-state index contributed by atoms with van der Waals surface area (Å²) < 4.78 is 10.3. The van der Waals surface area contributed by atoms with Gasteiger partial charge >= 0.3 is 0 Å². The van der Waals surface area contributed by atoms with Gasteiger partial charge in [0.1, 0.15) is 11.5 Å². The minimum atomic E-state index is 0.0259. The number of benzene rings is 1. The van der Waals surface area contributed by atoms with Crippen LogP contribution in [0.5, 0.6) is 11.5 Å². The summed E-state index contributed by atoms with van der Waals surface area (Å²) >= 11 is 0. The molecule has 0 saturated heterocycles. The summed E-state index contributed by atoms with van der Waals surface area (Å²) in [7, 11) is 3.13. The van der Waals surface area contributed by atoms with Crippen LogP contribution in [0.3, 0.4) is 0 Å². The zero-order chi connectivity index (χ0) is 12.7. The number of carbonyl (C=O) groups excluding carboxylic acids is 1. The van der Waals surface area contributed by atoms with Gasteiger partial charge in [0.05, 0.1) is 26.3 Å². The summed E-state index contributed by atoms with van der Waals surface area (Å²) in [6.45, 7) is 3.23. The largest absolute Gasteiger partial charge is 0.497 e. The smallest absolute Gasteiger partial charge is 0.180 e. The fourth-order valence-corrected chi connectivity index (χ4v) is 1.50. The molecule has 0 aliphatic heterocycles. The van der Waals surface area contributed by atoms with Crippen LogP contribution >= 0.6 is 0 Å². The number of ether oxygens (including phenoxy) is 2. The van der Waals surface area contributed by atoms with Gasteiger partial charge in [-0.05, 0) is 25.1 Å². The molecule has 4 nitrogen and oxygen atoms in total. The van der Waals surface area contributed by atoms with Crippen molar-refractivity contribution in [3.05, 3.63) is 23.8 Å². The minimum absolute atomic E-state index is 0.0259. The number of rotatable bonds is 7. The Morgan fingerprint density at radius 3 is 2.65 bits per heavy atom. The highest BCUT2D eigenvalue weighted by molar-refractivity contribution is 6.00. The van der Waals surface area contributed by atoms with E-state index >= 15 is 0 Å². The van der Waals surface area contributed by atoms with Crippen LogP contribution in [0.25, 0.3) is 0 Å². The standard InChI is InChI=1S/C13H19NO3/c1-4-7-14-9-12(15)11-6-5-10(16-2)8-13(11)17-3/h5-6,8,14H,4,7,9H2,1-3H3. The third kappa shape index (κ3) is 3.75. The van der Waals surface area contributed by atoms with Crippen LogP contribution in [0, 0.1) is 0 Å². The molecule has 0 aromatic heterocycles. The molecule has 0 saturated carbocycles. The number of hydrogen-bond acceptors (Lipinski definition) is 4. The quantitative estimate of drug-likeness (QED) is 0.581. The van der Waals surface area contributed by atoms with Gasteiger partial charge in [0.25, 0.3) is 0 Å². The molecule has 0 aliphatic rings. The molecule has 1 rings (SSSR count). The lowest BCUT2D eigenvalue weighted by atomic mass is 10.1. The van der Waals surface area contributed by atoms with E-state index in [1.807, 2.05) is 0 Å². The van der Waals surface area contributed by atoms with Gasteiger partial charge in [0, 0.05) is 6.07 Å². The van der Waals surface area contributed by atoms with Gasteiger partial charge in [0.15, 0.2) is 5.78 Å². The maximum absolute atomic E-state index is 11.9. The summed E-state index contributed by atoms with van der Waals surface area (Å²) in [6, 6.07) is 5.20. The Hall–Kier alpha value is -1.55. The Kier molecular flexibility index (Phi) is 5.49. The molecule has 1 aromatic rings. The lowest BCUT2D eigenvalue weighted by Gasteiger charge is -2.09. The molecule has 0 radical (unpaired) electrons. The molecule has 0 spiro atoms. The van der Waals surface area contributed by atoms with Crippen molar-refractivity contribution in [1.82, 2.24) is 5.32 Å². The predicted octanol–water partition coefficient (Wildman–Crippen LogP) is 1.89. The average molecular weight is 237 g/mol. The molecule has 4 heteroatoms. The highest BCUT2D eigenvalue weighted by atomic mass is 16.5. The SMILES string of the molecule is CCCNCC(=O)c1ccc(OC)cc1OC. The second-order valence-electron chi connectivity index (χ2n) is 3.67. The first-order valence-corrected chi connectivity index (χ1v) is 5.68. The van der Waals surface area contributed by atoms with Crippen LogP contribution in [0.15, 0.2) is 18.2 Å². The summed E-state index contributed by atoms with van der Waals surface area (Å²) in [4.78, 5) is 11.9. The molecule has 0 heterocycles. The Morgan fingerprint density at radius 1 is 1.29 bits per heavy atom. The van der Waals surface area contributed by atoms with E-state index in [9.17, 15) is 4.79 Å². The van der Waals surface area contributed by atoms with Crippen LogP contribution in [0.4, 0.5) is 0 Å². The van der Waals surface area contributed by atoms with Crippen molar-refractivity contribution in [2.24, 2.45) is 0 Å². The predicted molar refractivity (Wildman–Crippen MR) is 67.0 cm³/mol. The molecule has 0 aliphatic carbocycles. The van der Waals surface area contributed by atoms with Crippen molar-refractivity contribution in [3.63, 3.8) is 0 Å². The summed E-state index contributed by atoms with van der Waals surface area (Å²) in [5.74, 6) is 1.26. The lowest BCUT2D eigenvalue weighted by molar-refractivity contribution is 0.0988. The number of carbonyl (C=O) groups is 1. The van der Waals surface area contributed by atoms with E-state index in [0.717, 1.165) is 13.0 Å². The molecule has 1 N–H and O–H groups in total. The molecule has 0 bridgehead atoms. The van der Waals surface area contributed by atoms with Crippen molar-refractivity contribution < 1.29 is 14.3 Å². The van der Waals surface area contributed by atoms with Gasteiger partial charge in [-0.25, -0.2) is 0 Å². The maximum atomic E-state index is 11.9. The van der Waals surface area contributed by atoms with Crippen molar-refractivity contribution >= 4 is 5.78 Å². The van der Waals surface area contributed by atoms with E-state index in [0.29, 0.717) is 23.6 Å². The minimum Gasteiger partial charge on any atom is -0.497 e. The Morgan fingerprint density at radius 2 is 2.06 bits per heavy atom. The molecule has 17 heavy (non-hydrogen) atoms. The molecular weight excluding hydrogens is 218 g/mol. The van der Waals surface area contributed by atoms with E-state index in [2.05, 4.69) is 12.2 Å². The highest BCUT2D eigenvalue weighted by Gasteiger charge is 2.12. The monoisotopic (exact) mass is 237 g/mol. The number of Topliss-reactive ketones (excluding diaryl/α,β-unsaturated/α-hetero) is 1. The summed E-state index contributed by atoms with van der Waals surface area (Å²) in [5, 5.41) is 3.08. The first-order valence-electron chi connectivity index (χ1n) is 5.68. The van der Waals surface area contributed by atoms with Gasteiger partial charge in [-0.15, -0.1) is 0 Å². The Balaban J connectivity index is 2.78. The Bertz CT molecular complexity index is 377. The van der Waals surface area contributed by atoms with Crippen LogP contribution in [-0.4, -0.2) is 33.1 Å². The average Bonchev–Trinajstić information content (AvgIpc) is 2.38. The van der Waals surface area contributed by atoms with Crippen LogP contribution in [-0.2, 0) is 0 Å². The number of ketones is 1. The molecule has 0 amide bonds. The molecule has 1 aromatic carbocycles. The van der Waals surface area contributed by atoms with Crippen molar-refractivity contribution in [2.45, 2.75) is 13.3 Å². The molecule has 0 unspecified atom stereocenters. The first-order chi connectivity index (χ1) is 8.22. The van der Waals surface area contributed by atoms with E-state index < -0.39 is 0 Å². The zero-order valence-electron chi connectivity index (χ0n) is 10.6. The maximum Gasteiger partial charge on any atom is 0.180 e. The fraction of sp³-hybridized carbons (Fsp3) is 0.462. The Labute approximate surface area is 102 Å². The molecule has 0 fully saturated rings. The summed E-state index contributed by atoms with van der Waals surface area (Å²) in [6.07, 6.45) is 1.01. The van der Waals surface area contributed by atoms with Gasteiger partial charge in [-0.1, -0.05) is 6.92 Å². The van der Waals surface area contributed by atoms with Crippen LogP contribution < -0.4 is 14.8 Å². The first kappa shape index (κ1) is 13.5. The van der Waals surface area contributed by atoms with Gasteiger partial charge in [0.2, 0.25) is 0 Å². The molecular formula is C13H19NO3. The van der Waals surface area contributed by atoms with E-state index in [4.69, 9.17) is 9.47 Å². The topological polar surface area (TPSA) is 47.6 Å². The van der Waals surface area contributed by atoms with Crippen molar-refractivity contribution in [2.75, 3.05) is 27.3 Å². The van der Waals surface area contributed by atoms with Crippen LogP contribution in [0.2, 0.25) is 0 Å².